The summed E-state index contributed by atoms with van der Waals surface area (Å²) >= 11 is 5.87. The van der Waals surface area contributed by atoms with Crippen molar-refractivity contribution in [2.75, 3.05) is 0 Å². The molecule has 0 N–H and O–H groups in total. The fourth-order valence-corrected chi connectivity index (χ4v) is 1.89. The smallest absolute Gasteiger partial charge is 0.264 e. The van der Waals surface area contributed by atoms with E-state index >= 15 is 0 Å². The number of benzene rings is 1. The van der Waals surface area contributed by atoms with Crippen molar-refractivity contribution < 1.29 is 14.1 Å². The van der Waals surface area contributed by atoms with Crippen LogP contribution in [0.4, 0.5) is 0 Å². The van der Waals surface area contributed by atoms with Gasteiger partial charge in [0.2, 0.25) is 0 Å². The largest absolute Gasteiger partial charge is 0.483 e. The maximum atomic E-state index is 11.5. The van der Waals surface area contributed by atoms with Gasteiger partial charge in [0.1, 0.15) is 5.75 Å². The first-order valence-corrected chi connectivity index (χ1v) is 6.72. The predicted octanol–water partition coefficient (Wildman–Crippen LogP) is 3.46. The molecule has 0 aliphatic heterocycles. The third-order valence-corrected chi connectivity index (χ3v) is 2.89. The molecular formula is C14H15ClN2O3. The fraction of sp³-hybridized carbons (Fsp3) is 0.357. The van der Waals surface area contributed by atoms with E-state index in [4.69, 9.17) is 20.9 Å². The van der Waals surface area contributed by atoms with Gasteiger partial charge in [0.05, 0.1) is 5.56 Å². The summed E-state index contributed by atoms with van der Waals surface area (Å²) in [6.45, 7) is 3.63. The van der Waals surface area contributed by atoms with Crippen LogP contribution in [-0.4, -0.2) is 15.9 Å². The minimum absolute atomic E-state index is 0.111. The number of halogens is 1. The number of ketones is 1. The van der Waals surface area contributed by atoms with Crippen molar-refractivity contribution in [1.29, 1.82) is 0 Å². The van der Waals surface area contributed by atoms with Crippen molar-refractivity contribution in [3.05, 3.63) is 40.5 Å². The number of hydrogen-bond acceptors (Lipinski definition) is 5. The predicted molar refractivity (Wildman–Crippen MR) is 74.1 cm³/mol. The van der Waals surface area contributed by atoms with Crippen LogP contribution in [0.3, 0.4) is 0 Å². The van der Waals surface area contributed by atoms with Crippen LogP contribution in [-0.2, 0) is 13.0 Å². The Morgan fingerprint density at radius 1 is 1.45 bits per heavy atom. The molecule has 0 aliphatic rings. The summed E-state index contributed by atoms with van der Waals surface area (Å²) in [5.74, 6) is 1.39. The zero-order valence-corrected chi connectivity index (χ0v) is 12.1. The van der Waals surface area contributed by atoms with Crippen LogP contribution in [0.1, 0.15) is 42.3 Å². The monoisotopic (exact) mass is 294 g/mol. The Hall–Kier alpha value is -1.88. The number of nitrogens with zero attached hydrogens (tertiary/aromatic N) is 2. The van der Waals surface area contributed by atoms with Gasteiger partial charge >= 0.3 is 0 Å². The number of carbonyl (C=O) groups excluding carboxylic acids is 1. The number of rotatable bonds is 6. The maximum Gasteiger partial charge on any atom is 0.264 e. The van der Waals surface area contributed by atoms with Gasteiger partial charge in [0.25, 0.3) is 5.89 Å². The van der Waals surface area contributed by atoms with Gasteiger partial charge in [-0.25, -0.2) is 0 Å². The highest BCUT2D eigenvalue weighted by Crippen LogP contribution is 2.24. The first-order valence-electron chi connectivity index (χ1n) is 6.35. The van der Waals surface area contributed by atoms with Crippen molar-refractivity contribution in [3.63, 3.8) is 0 Å². The summed E-state index contributed by atoms with van der Waals surface area (Å²) in [5, 5.41) is 4.33. The molecule has 0 radical (unpaired) electrons. The first kappa shape index (κ1) is 14.5. The molecule has 1 heterocycles. The molecule has 0 fully saturated rings. The lowest BCUT2D eigenvalue weighted by atomic mass is 10.1. The Morgan fingerprint density at radius 2 is 2.25 bits per heavy atom. The molecular weight excluding hydrogens is 280 g/mol. The zero-order chi connectivity index (χ0) is 14.5. The summed E-state index contributed by atoms with van der Waals surface area (Å²) in [6, 6.07) is 4.90. The molecule has 0 spiro atoms. The Balaban J connectivity index is 2.08. The second kappa shape index (κ2) is 6.52. The number of ether oxygens (including phenoxy) is 1. The highest BCUT2D eigenvalue weighted by Gasteiger charge is 2.12. The van der Waals surface area contributed by atoms with Gasteiger partial charge in [-0.1, -0.05) is 23.7 Å². The van der Waals surface area contributed by atoms with E-state index < -0.39 is 0 Å². The molecule has 1 aromatic heterocycles. The van der Waals surface area contributed by atoms with Crippen molar-refractivity contribution in [2.45, 2.75) is 33.3 Å². The minimum atomic E-state index is -0.111. The van der Waals surface area contributed by atoms with Crippen LogP contribution in [0.2, 0.25) is 5.02 Å². The van der Waals surface area contributed by atoms with Crippen LogP contribution >= 0.6 is 11.6 Å². The van der Waals surface area contributed by atoms with Crippen LogP contribution < -0.4 is 4.74 Å². The van der Waals surface area contributed by atoms with Gasteiger partial charge in [0.15, 0.2) is 18.2 Å². The lowest BCUT2D eigenvalue weighted by Gasteiger charge is -2.08. The van der Waals surface area contributed by atoms with Gasteiger partial charge in [-0.15, -0.1) is 0 Å². The van der Waals surface area contributed by atoms with Crippen LogP contribution in [0.15, 0.2) is 22.7 Å². The average Bonchev–Trinajstić information content (AvgIpc) is 2.85. The van der Waals surface area contributed by atoms with Crippen LogP contribution in [0, 0.1) is 0 Å². The Morgan fingerprint density at radius 3 is 2.95 bits per heavy atom. The van der Waals surface area contributed by atoms with Crippen molar-refractivity contribution in [2.24, 2.45) is 0 Å². The van der Waals surface area contributed by atoms with E-state index in [9.17, 15) is 4.79 Å². The van der Waals surface area contributed by atoms with Crippen LogP contribution in [0.25, 0.3) is 0 Å². The van der Waals surface area contributed by atoms with Crippen LogP contribution in [0.5, 0.6) is 5.75 Å². The third kappa shape index (κ3) is 3.57. The highest BCUT2D eigenvalue weighted by molar-refractivity contribution is 6.31. The zero-order valence-electron chi connectivity index (χ0n) is 11.4. The lowest BCUT2D eigenvalue weighted by Crippen LogP contribution is -2.02. The maximum absolute atomic E-state index is 11.5. The van der Waals surface area contributed by atoms with E-state index in [1.807, 2.05) is 6.92 Å². The summed E-state index contributed by atoms with van der Waals surface area (Å²) in [6.07, 6.45) is 1.72. The molecule has 0 saturated heterocycles. The van der Waals surface area contributed by atoms with E-state index in [0.29, 0.717) is 28.1 Å². The van der Waals surface area contributed by atoms with E-state index in [-0.39, 0.29) is 12.4 Å². The minimum Gasteiger partial charge on any atom is -0.483 e. The second-order valence-electron chi connectivity index (χ2n) is 4.34. The Labute approximate surface area is 121 Å². The number of aromatic nitrogens is 2. The number of carbonyl (C=O) groups is 1. The first-order chi connectivity index (χ1) is 9.60. The molecule has 106 valence electrons. The Bertz CT molecular complexity index is 610. The van der Waals surface area contributed by atoms with Gasteiger partial charge in [0, 0.05) is 11.4 Å². The highest BCUT2D eigenvalue weighted by atomic mass is 35.5. The van der Waals surface area contributed by atoms with E-state index in [2.05, 4.69) is 10.1 Å². The van der Waals surface area contributed by atoms with E-state index in [0.717, 1.165) is 12.8 Å². The molecule has 0 unspecified atom stereocenters. The van der Waals surface area contributed by atoms with E-state index in [1.165, 1.54) is 6.92 Å². The molecule has 20 heavy (non-hydrogen) atoms. The van der Waals surface area contributed by atoms with Gasteiger partial charge in [-0.05, 0) is 31.5 Å². The summed E-state index contributed by atoms with van der Waals surface area (Å²) in [5.41, 5.74) is 0.436. The molecule has 0 saturated carbocycles. The second-order valence-corrected chi connectivity index (χ2v) is 4.78. The third-order valence-electron chi connectivity index (χ3n) is 2.66. The summed E-state index contributed by atoms with van der Waals surface area (Å²) in [4.78, 5) is 15.7. The molecule has 2 aromatic rings. The molecule has 0 atom stereocenters. The van der Waals surface area contributed by atoms with Gasteiger partial charge < -0.3 is 9.26 Å². The normalized spacial score (nSPS) is 10.6. The number of hydrogen-bond donors (Lipinski definition) is 0. The summed E-state index contributed by atoms with van der Waals surface area (Å²) in [7, 11) is 0. The van der Waals surface area contributed by atoms with Gasteiger partial charge in [-0.3, -0.25) is 4.79 Å². The molecule has 5 nitrogen and oxygen atoms in total. The molecule has 1 aromatic carbocycles. The van der Waals surface area contributed by atoms with Gasteiger partial charge in [-0.2, -0.15) is 4.98 Å². The number of aryl methyl sites for hydroxylation is 1. The van der Waals surface area contributed by atoms with Crippen molar-refractivity contribution in [3.8, 4) is 5.75 Å². The average molecular weight is 295 g/mol. The topological polar surface area (TPSA) is 65.2 Å². The molecule has 6 heteroatoms. The summed E-state index contributed by atoms with van der Waals surface area (Å²) < 4.78 is 10.6. The molecule has 2 rings (SSSR count). The molecule has 0 aliphatic carbocycles. The lowest BCUT2D eigenvalue weighted by molar-refractivity contribution is 0.101. The quantitative estimate of drug-likeness (QED) is 0.763. The fourth-order valence-electron chi connectivity index (χ4n) is 1.72. The van der Waals surface area contributed by atoms with Crippen molar-refractivity contribution in [1.82, 2.24) is 10.1 Å². The molecule has 0 bridgehead atoms. The number of Topliss-reactive ketones (excluding diaryl/α,β-unsaturated/α-hetero) is 1. The van der Waals surface area contributed by atoms with E-state index in [1.54, 1.807) is 18.2 Å². The SMILES string of the molecule is CCCc1noc(COc2ccc(Cl)cc2C(C)=O)n1. The van der Waals surface area contributed by atoms with Crippen molar-refractivity contribution >= 4 is 17.4 Å². The molecule has 0 amide bonds. The standard InChI is InChI=1S/C14H15ClN2O3/c1-3-4-13-16-14(20-17-13)8-19-12-6-5-10(15)7-11(12)9(2)18/h5-7H,3-4,8H2,1-2H3. The Kier molecular flexibility index (Phi) is 4.74.